The van der Waals surface area contributed by atoms with Gasteiger partial charge in [-0.15, -0.1) is 0 Å². The van der Waals surface area contributed by atoms with E-state index in [0.29, 0.717) is 11.4 Å². The monoisotopic (exact) mass is 1070 g/mol. The van der Waals surface area contributed by atoms with Crippen molar-refractivity contribution in [2.45, 2.75) is 17.8 Å². The van der Waals surface area contributed by atoms with Crippen LogP contribution in [-0.2, 0) is 5.41 Å². The molecule has 0 N–H and O–H groups in total. The molecular formula is C63H48F6N2P4. The molecule has 10 aromatic rings. The number of benzene rings is 10. The summed E-state index contributed by atoms with van der Waals surface area (Å²) in [6, 6.07) is 88.9. The molecule has 2 nitrogen and oxygen atoms in total. The molecular weight excluding hydrogens is 1020 g/mol. The van der Waals surface area contributed by atoms with Crippen molar-refractivity contribution < 1.29 is 26.3 Å². The largest absolute Gasteiger partial charge is 0.411 e. The van der Waals surface area contributed by atoms with Crippen molar-refractivity contribution in [1.82, 2.24) is 0 Å². The number of rotatable bonds is 16. The van der Waals surface area contributed by atoms with E-state index >= 15 is 26.3 Å². The summed E-state index contributed by atoms with van der Waals surface area (Å²) in [6.45, 7) is 0. The van der Waals surface area contributed by atoms with Crippen molar-refractivity contribution in [2.75, 3.05) is 8.88 Å². The van der Waals surface area contributed by atoms with E-state index in [-0.39, 0.29) is 0 Å². The standard InChI is InChI=1S/C63H48F6N2P4/c64-62(65,66)61(63(67,68)69,49-41-45-51(46-42-49)70(72(53-25-9-1-10-26-53)54-27-11-2-12-28-54)73(55-29-13-3-14-30-55)56-31-15-4-16-32-56)50-43-47-52(48-44-50)71(74(57-33-17-5-18-34-57)58-35-19-6-20-36-58)75(59-37-21-7-22-38-59)60-39-23-8-24-40-60/h1-48H. The number of hydrogen-bond acceptors (Lipinski definition) is 2. The molecule has 0 saturated heterocycles. The van der Waals surface area contributed by atoms with Gasteiger partial charge in [0.1, 0.15) is 0 Å². The van der Waals surface area contributed by atoms with Gasteiger partial charge in [0.25, 0.3) is 0 Å². The molecule has 0 unspecified atom stereocenters. The lowest BCUT2D eigenvalue weighted by Gasteiger charge is -2.42. The average Bonchev–Trinajstić information content (AvgIpc) is 3.46. The van der Waals surface area contributed by atoms with Crippen LogP contribution in [0, 0.1) is 0 Å². The Balaban J connectivity index is 1.16. The second-order valence-corrected chi connectivity index (χ2v) is 26.2. The third-order valence-electron chi connectivity index (χ3n) is 12.7. The van der Waals surface area contributed by atoms with Crippen LogP contribution in [0.2, 0.25) is 0 Å². The highest BCUT2D eigenvalue weighted by Gasteiger charge is 2.72. The first-order chi connectivity index (χ1) is 36.5. The fraction of sp³-hybridized carbons (Fsp3) is 0.0476. The van der Waals surface area contributed by atoms with Crippen molar-refractivity contribution in [2.24, 2.45) is 0 Å². The van der Waals surface area contributed by atoms with E-state index in [1.165, 1.54) is 24.3 Å². The van der Waals surface area contributed by atoms with Crippen LogP contribution in [0.3, 0.4) is 0 Å². The zero-order chi connectivity index (χ0) is 51.8. The Bertz CT molecular complexity index is 2790. The molecule has 0 bridgehead atoms. The number of anilines is 2. The maximum atomic E-state index is 16.3. The first-order valence-electron chi connectivity index (χ1n) is 24.1. The van der Waals surface area contributed by atoms with Crippen LogP contribution in [0.15, 0.2) is 291 Å². The van der Waals surface area contributed by atoms with Gasteiger partial charge in [-0.3, -0.25) is 0 Å². The molecule has 0 saturated carbocycles. The Hall–Kier alpha value is -6.90. The molecule has 0 aliphatic carbocycles. The van der Waals surface area contributed by atoms with E-state index < -0.39 is 61.2 Å². The molecule has 0 heterocycles. The fourth-order valence-corrected chi connectivity index (χ4v) is 21.3. The van der Waals surface area contributed by atoms with Gasteiger partial charge in [-0.1, -0.05) is 267 Å². The quantitative estimate of drug-likeness (QED) is 0.0703. The SMILES string of the molecule is FC(F)(F)C(c1ccc(N(P(c2ccccc2)c2ccccc2)P(c2ccccc2)c2ccccc2)cc1)(c1ccc(N(P(c2ccccc2)c2ccccc2)P(c2ccccc2)c2ccccc2)cc1)C(F)(F)F. The van der Waals surface area contributed by atoms with Gasteiger partial charge in [-0.05, 0) is 35.4 Å². The molecule has 0 atom stereocenters. The van der Waals surface area contributed by atoms with E-state index in [4.69, 9.17) is 0 Å². The minimum Gasteiger partial charge on any atom is -0.313 e. The van der Waals surface area contributed by atoms with Crippen LogP contribution in [0.5, 0.6) is 0 Å². The van der Waals surface area contributed by atoms with Gasteiger partial charge < -0.3 is 8.88 Å². The lowest BCUT2D eigenvalue weighted by molar-refractivity contribution is -0.288. The number of halogens is 6. The second kappa shape index (κ2) is 22.9. The molecule has 0 aliphatic heterocycles. The Morgan fingerprint density at radius 3 is 0.520 bits per heavy atom. The molecule has 0 amide bonds. The summed E-state index contributed by atoms with van der Waals surface area (Å²) in [5, 5.41) is 7.69. The molecule has 10 rings (SSSR count). The van der Waals surface area contributed by atoms with E-state index in [2.05, 4.69) is 8.88 Å². The van der Waals surface area contributed by atoms with Gasteiger partial charge in [0.2, 0.25) is 5.41 Å². The molecule has 10 aromatic carbocycles. The zero-order valence-electron chi connectivity index (χ0n) is 40.2. The number of hydrogen-bond donors (Lipinski definition) is 0. The highest BCUT2D eigenvalue weighted by atomic mass is 31.2. The van der Waals surface area contributed by atoms with Crippen LogP contribution in [-0.4, -0.2) is 12.4 Å². The van der Waals surface area contributed by atoms with Crippen LogP contribution in [0.25, 0.3) is 0 Å². The molecule has 0 aromatic heterocycles. The fourth-order valence-electron chi connectivity index (χ4n) is 9.34. The van der Waals surface area contributed by atoms with Crippen LogP contribution < -0.4 is 51.3 Å². The minimum absolute atomic E-state index is 0.478. The summed E-state index contributed by atoms with van der Waals surface area (Å²) in [6.07, 6.45) is -11.6. The Labute approximate surface area is 439 Å². The van der Waals surface area contributed by atoms with E-state index in [1.807, 2.05) is 243 Å². The summed E-state index contributed by atoms with van der Waals surface area (Å²) in [5.41, 5.74) is -5.32. The van der Waals surface area contributed by atoms with Gasteiger partial charge in [0.05, 0.1) is 32.3 Å². The molecule has 0 aliphatic rings. The average molecular weight is 1070 g/mol. The van der Waals surface area contributed by atoms with Crippen molar-refractivity contribution >= 4 is 86.1 Å². The van der Waals surface area contributed by atoms with Crippen LogP contribution in [0.1, 0.15) is 11.1 Å². The van der Waals surface area contributed by atoms with Crippen LogP contribution >= 0.6 is 32.3 Å². The predicted molar refractivity (Wildman–Crippen MR) is 307 cm³/mol. The van der Waals surface area contributed by atoms with Crippen molar-refractivity contribution in [3.63, 3.8) is 0 Å². The maximum Gasteiger partial charge on any atom is 0.411 e. The van der Waals surface area contributed by atoms with Crippen molar-refractivity contribution in [3.05, 3.63) is 302 Å². The molecule has 372 valence electrons. The summed E-state index contributed by atoms with van der Waals surface area (Å²) < 4.78 is 102. The first kappa shape index (κ1) is 51.6. The van der Waals surface area contributed by atoms with Gasteiger partial charge in [-0.2, -0.15) is 26.3 Å². The Kier molecular flexibility index (Phi) is 15.8. The van der Waals surface area contributed by atoms with Crippen LogP contribution in [0.4, 0.5) is 37.7 Å². The number of alkyl halides is 6. The van der Waals surface area contributed by atoms with Crippen molar-refractivity contribution in [1.29, 1.82) is 0 Å². The number of nitrogens with zero attached hydrogens (tertiary/aromatic N) is 2. The molecule has 75 heavy (non-hydrogen) atoms. The Morgan fingerprint density at radius 2 is 0.373 bits per heavy atom. The molecule has 0 fully saturated rings. The molecule has 0 spiro atoms. The van der Waals surface area contributed by atoms with E-state index in [0.717, 1.165) is 66.7 Å². The third-order valence-corrected chi connectivity index (χ3v) is 23.6. The lowest BCUT2D eigenvalue weighted by atomic mass is 9.73. The van der Waals surface area contributed by atoms with E-state index in [1.54, 1.807) is 0 Å². The maximum absolute atomic E-state index is 16.3. The summed E-state index contributed by atoms with van der Waals surface area (Å²) in [4.78, 5) is 0. The lowest BCUT2D eigenvalue weighted by Crippen LogP contribution is -2.54. The summed E-state index contributed by atoms with van der Waals surface area (Å²) in [7, 11) is -5.91. The van der Waals surface area contributed by atoms with Gasteiger partial charge in [0, 0.05) is 53.8 Å². The van der Waals surface area contributed by atoms with Gasteiger partial charge in [-0.25, -0.2) is 0 Å². The normalized spacial score (nSPS) is 12.1. The third kappa shape index (κ3) is 10.7. The highest BCUT2D eigenvalue weighted by molar-refractivity contribution is 7.91. The molecule has 0 radical (unpaired) electrons. The highest BCUT2D eigenvalue weighted by Crippen LogP contribution is 2.61. The topological polar surface area (TPSA) is 6.48 Å². The summed E-state index contributed by atoms with van der Waals surface area (Å²) >= 11 is 0. The smallest absolute Gasteiger partial charge is 0.313 e. The first-order valence-corrected chi connectivity index (χ1v) is 29.3. The minimum atomic E-state index is -5.82. The Morgan fingerprint density at radius 1 is 0.213 bits per heavy atom. The van der Waals surface area contributed by atoms with E-state index in [9.17, 15) is 0 Å². The van der Waals surface area contributed by atoms with Gasteiger partial charge in [0.15, 0.2) is 0 Å². The predicted octanol–water partition coefficient (Wildman–Crippen LogP) is 14.9. The van der Waals surface area contributed by atoms with Gasteiger partial charge >= 0.3 is 12.4 Å². The summed E-state index contributed by atoms with van der Waals surface area (Å²) in [5.74, 6) is 0. The van der Waals surface area contributed by atoms with Crippen molar-refractivity contribution in [3.8, 4) is 0 Å². The second-order valence-electron chi connectivity index (χ2n) is 17.3. The zero-order valence-corrected chi connectivity index (χ0v) is 43.7. The molecule has 12 heteroatoms.